The van der Waals surface area contributed by atoms with Gasteiger partial charge in [-0.05, 0) is 0 Å². The predicted molar refractivity (Wildman–Crippen MR) is 43.4 cm³/mol. The first-order chi connectivity index (χ1) is 6.06. The molecule has 0 aliphatic carbocycles. The molecule has 0 spiro atoms. The number of carbonyl (C=O) groups is 2. The van der Waals surface area contributed by atoms with E-state index in [0.717, 1.165) is 0 Å². The summed E-state index contributed by atoms with van der Waals surface area (Å²) in [5.74, 6) is -1.55. The maximum Gasteiger partial charge on any atom is 0.304 e. The molecule has 1 saturated heterocycles. The topological polar surface area (TPSA) is 75.6 Å². The van der Waals surface area contributed by atoms with Crippen molar-refractivity contribution >= 4 is 11.9 Å². The largest absolute Gasteiger partial charge is 0.441 e. The first-order valence-corrected chi connectivity index (χ1v) is 3.84. The van der Waals surface area contributed by atoms with Crippen LogP contribution in [-0.2, 0) is 14.3 Å². The van der Waals surface area contributed by atoms with Gasteiger partial charge >= 0.3 is 5.97 Å². The fraction of sp³-hybridized carbons (Fsp3) is 0.500. The van der Waals surface area contributed by atoms with Crippen LogP contribution in [0.25, 0.3) is 0 Å². The highest BCUT2D eigenvalue weighted by Gasteiger charge is 2.45. The molecule has 1 rings (SSSR count). The third-order valence-electron chi connectivity index (χ3n) is 1.82. The van der Waals surface area contributed by atoms with E-state index in [1.54, 1.807) is 0 Å². The number of rotatable bonds is 3. The highest BCUT2D eigenvalue weighted by atomic mass is 16.6. The summed E-state index contributed by atoms with van der Waals surface area (Å²) in [6, 6.07) is 0. The number of esters is 1. The second-order valence-electron chi connectivity index (χ2n) is 2.79. The molecule has 1 fully saturated rings. The monoisotopic (exact) mass is 185 g/mol. The highest BCUT2D eigenvalue weighted by Crippen LogP contribution is 2.20. The lowest BCUT2D eigenvalue weighted by Gasteiger charge is -2.37. The number of carbonyl (C=O) groups excluding carboxylic acids is 2. The average molecular weight is 185 g/mol. The molecule has 3 atom stereocenters. The van der Waals surface area contributed by atoms with Crippen LogP contribution < -0.4 is 5.32 Å². The molecule has 1 aliphatic heterocycles. The van der Waals surface area contributed by atoms with E-state index in [2.05, 4.69) is 11.9 Å². The van der Waals surface area contributed by atoms with Gasteiger partial charge in [-0.25, -0.2) is 0 Å². The molecular weight excluding hydrogens is 174 g/mol. The molecule has 1 aliphatic rings. The molecule has 0 radical (unpaired) electrons. The molecule has 2 N–H and O–H groups in total. The fourth-order valence-electron chi connectivity index (χ4n) is 1.13. The number of aliphatic hydroxyl groups excluding tert-OH is 1. The van der Waals surface area contributed by atoms with Gasteiger partial charge in [-0.3, -0.25) is 9.59 Å². The predicted octanol–water partition coefficient (Wildman–Crippen LogP) is -0.832. The Morgan fingerprint density at radius 1 is 1.85 bits per heavy atom. The number of ether oxygens (including phenoxy) is 1. The van der Waals surface area contributed by atoms with Crippen molar-refractivity contribution < 1.29 is 19.4 Å². The van der Waals surface area contributed by atoms with Gasteiger partial charge in [0.05, 0.1) is 6.10 Å². The molecule has 1 amide bonds. The summed E-state index contributed by atoms with van der Waals surface area (Å²) in [4.78, 5) is 21.4. The van der Waals surface area contributed by atoms with E-state index in [4.69, 9.17) is 4.74 Å². The maximum absolute atomic E-state index is 10.9. The molecule has 5 nitrogen and oxygen atoms in total. The van der Waals surface area contributed by atoms with E-state index in [0.29, 0.717) is 0 Å². The lowest BCUT2D eigenvalue weighted by Crippen LogP contribution is -2.63. The average Bonchev–Trinajstić information content (AvgIpc) is 2.02. The lowest BCUT2D eigenvalue weighted by atomic mass is 9.92. The van der Waals surface area contributed by atoms with Crippen molar-refractivity contribution in [2.24, 2.45) is 5.92 Å². The van der Waals surface area contributed by atoms with Crippen molar-refractivity contribution in [3.8, 4) is 0 Å². The second kappa shape index (κ2) is 3.57. The summed E-state index contributed by atoms with van der Waals surface area (Å²) in [6.45, 7) is 4.58. The smallest absolute Gasteiger partial charge is 0.304 e. The molecule has 13 heavy (non-hydrogen) atoms. The van der Waals surface area contributed by atoms with Crippen molar-refractivity contribution in [2.45, 2.75) is 19.3 Å². The van der Waals surface area contributed by atoms with Gasteiger partial charge in [-0.1, -0.05) is 6.08 Å². The van der Waals surface area contributed by atoms with Crippen LogP contribution in [0, 0.1) is 5.92 Å². The van der Waals surface area contributed by atoms with Crippen LogP contribution in [0.5, 0.6) is 0 Å². The van der Waals surface area contributed by atoms with E-state index < -0.39 is 24.2 Å². The Hall–Kier alpha value is -1.36. The fourth-order valence-corrected chi connectivity index (χ4v) is 1.13. The molecule has 72 valence electrons. The Labute approximate surface area is 75.4 Å². The van der Waals surface area contributed by atoms with Crippen molar-refractivity contribution in [1.29, 1.82) is 0 Å². The summed E-state index contributed by atoms with van der Waals surface area (Å²) in [6.07, 6.45) is -0.462. The summed E-state index contributed by atoms with van der Waals surface area (Å²) in [7, 11) is 0. The molecule has 0 bridgehead atoms. The SMILES string of the molecule is C=C[C@@H](O)C1C(=O)NC1OC(C)=O. The Morgan fingerprint density at radius 3 is 2.85 bits per heavy atom. The summed E-state index contributed by atoms with van der Waals surface area (Å²) >= 11 is 0. The van der Waals surface area contributed by atoms with Gasteiger partial charge in [0.1, 0.15) is 5.92 Å². The van der Waals surface area contributed by atoms with Crippen LogP contribution in [0.4, 0.5) is 0 Å². The summed E-state index contributed by atoms with van der Waals surface area (Å²) in [5.41, 5.74) is 0. The van der Waals surface area contributed by atoms with Crippen molar-refractivity contribution in [2.75, 3.05) is 0 Å². The number of aliphatic hydroxyl groups is 1. The quantitative estimate of drug-likeness (QED) is 0.342. The van der Waals surface area contributed by atoms with E-state index in [1.165, 1.54) is 13.0 Å². The molecule has 1 heterocycles. The van der Waals surface area contributed by atoms with Crippen molar-refractivity contribution in [3.63, 3.8) is 0 Å². The molecule has 0 aromatic carbocycles. The first kappa shape index (κ1) is 9.73. The van der Waals surface area contributed by atoms with Gasteiger partial charge in [0.15, 0.2) is 6.23 Å². The van der Waals surface area contributed by atoms with Crippen molar-refractivity contribution in [3.05, 3.63) is 12.7 Å². The van der Waals surface area contributed by atoms with E-state index in [1.807, 2.05) is 0 Å². The lowest BCUT2D eigenvalue weighted by molar-refractivity contribution is -0.172. The van der Waals surface area contributed by atoms with Crippen LogP contribution in [-0.4, -0.2) is 29.3 Å². The number of hydrogen-bond acceptors (Lipinski definition) is 4. The number of β-lactam (4-membered cyclic amide) rings is 1. The second-order valence-corrected chi connectivity index (χ2v) is 2.79. The minimum atomic E-state index is -0.974. The minimum Gasteiger partial charge on any atom is -0.441 e. The van der Waals surface area contributed by atoms with Gasteiger partial charge < -0.3 is 15.2 Å². The number of nitrogens with one attached hydrogen (secondary N) is 1. The van der Waals surface area contributed by atoms with E-state index >= 15 is 0 Å². The van der Waals surface area contributed by atoms with Gasteiger partial charge in [0.2, 0.25) is 5.91 Å². The van der Waals surface area contributed by atoms with Crippen molar-refractivity contribution in [1.82, 2.24) is 5.32 Å². The zero-order valence-electron chi connectivity index (χ0n) is 7.19. The number of hydrogen-bond donors (Lipinski definition) is 2. The summed E-state index contributed by atoms with van der Waals surface area (Å²) < 4.78 is 4.71. The minimum absolute atomic E-state index is 0.335. The Morgan fingerprint density at radius 2 is 2.46 bits per heavy atom. The summed E-state index contributed by atoms with van der Waals surface area (Å²) in [5, 5.41) is 11.6. The van der Waals surface area contributed by atoms with Gasteiger partial charge in [-0.2, -0.15) is 0 Å². The first-order valence-electron chi connectivity index (χ1n) is 3.84. The van der Waals surface area contributed by atoms with Gasteiger partial charge in [0.25, 0.3) is 0 Å². The van der Waals surface area contributed by atoms with Crippen LogP contribution in [0.1, 0.15) is 6.92 Å². The molecule has 0 saturated carbocycles. The van der Waals surface area contributed by atoms with Gasteiger partial charge in [0, 0.05) is 6.92 Å². The maximum atomic E-state index is 10.9. The van der Waals surface area contributed by atoms with Gasteiger partial charge in [-0.15, -0.1) is 6.58 Å². The molecule has 2 unspecified atom stereocenters. The standard InChI is InChI=1S/C8H11NO4/c1-3-5(11)6-7(12)9-8(6)13-4(2)10/h3,5-6,8,11H,1H2,2H3,(H,9,12)/t5-,6?,8?/m1/s1. The normalized spacial score (nSPS) is 28.3. The zero-order chi connectivity index (χ0) is 10.0. The Bertz CT molecular complexity index is 251. The molecule has 0 aromatic heterocycles. The third-order valence-corrected chi connectivity index (χ3v) is 1.82. The molecular formula is C8H11NO4. The van der Waals surface area contributed by atoms with Crippen LogP contribution in [0.3, 0.4) is 0 Å². The van der Waals surface area contributed by atoms with Crippen LogP contribution in [0.15, 0.2) is 12.7 Å². The Kier molecular flexibility index (Phi) is 2.67. The molecule has 5 heteroatoms. The molecule has 0 aromatic rings. The van der Waals surface area contributed by atoms with Crippen LogP contribution >= 0.6 is 0 Å². The van der Waals surface area contributed by atoms with Crippen LogP contribution in [0.2, 0.25) is 0 Å². The highest BCUT2D eigenvalue weighted by molar-refractivity contribution is 5.87. The van der Waals surface area contributed by atoms with E-state index in [-0.39, 0.29) is 5.91 Å². The third kappa shape index (κ3) is 1.86. The zero-order valence-corrected chi connectivity index (χ0v) is 7.19. The number of amides is 1. The van der Waals surface area contributed by atoms with E-state index in [9.17, 15) is 14.7 Å². The Balaban J connectivity index is 2.55.